The van der Waals surface area contributed by atoms with Crippen LogP contribution in [0.2, 0.25) is 0 Å². The molecule has 5 nitrogen and oxygen atoms in total. The highest BCUT2D eigenvalue weighted by atomic mass is 16.6. The van der Waals surface area contributed by atoms with Gasteiger partial charge in [0.05, 0.1) is 5.92 Å². The van der Waals surface area contributed by atoms with Gasteiger partial charge in [0.1, 0.15) is 5.60 Å². The van der Waals surface area contributed by atoms with Gasteiger partial charge in [0.15, 0.2) is 5.78 Å². The molecule has 22 heavy (non-hydrogen) atoms. The van der Waals surface area contributed by atoms with Crippen molar-refractivity contribution in [3.05, 3.63) is 11.1 Å². The van der Waals surface area contributed by atoms with E-state index in [1.165, 1.54) is 6.92 Å². The second-order valence-electron chi connectivity index (χ2n) is 6.87. The van der Waals surface area contributed by atoms with Crippen molar-refractivity contribution < 1.29 is 24.2 Å². The van der Waals surface area contributed by atoms with E-state index in [2.05, 4.69) is 0 Å². The summed E-state index contributed by atoms with van der Waals surface area (Å²) in [6.45, 7) is 6.77. The fourth-order valence-corrected chi connectivity index (χ4v) is 3.89. The van der Waals surface area contributed by atoms with Crippen LogP contribution in [0.25, 0.3) is 0 Å². The summed E-state index contributed by atoms with van der Waals surface area (Å²) in [4.78, 5) is 34.9. The highest BCUT2D eigenvalue weighted by Gasteiger charge is 2.48. The second kappa shape index (κ2) is 5.86. The average Bonchev–Trinajstić information content (AvgIpc) is 2.61. The molecule has 0 aliphatic heterocycles. The van der Waals surface area contributed by atoms with Gasteiger partial charge in [0, 0.05) is 19.3 Å². The zero-order chi connectivity index (χ0) is 16.7. The van der Waals surface area contributed by atoms with E-state index in [9.17, 15) is 19.5 Å². The number of fused-ring (bicyclic) bond motifs is 1. The van der Waals surface area contributed by atoms with Crippen molar-refractivity contribution in [2.75, 3.05) is 0 Å². The quantitative estimate of drug-likeness (QED) is 0.811. The molecule has 0 spiro atoms. The van der Waals surface area contributed by atoms with Crippen LogP contribution in [-0.2, 0) is 19.1 Å². The van der Waals surface area contributed by atoms with Crippen molar-refractivity contribution in [2.24, 2.45) is 17.8 Å². The van der Waals surface area contributed by atoms with Crippen LogP contribution < -0.4 is 0 Å². The van der Waals surface area contributed by atoms with Crippen LogP contribution in [0.1, 0.15) is 53.4 Å². The fraction of sp³-hybridized carbons (Fsp3) is 0.706. The third-order valence-electron chi connectivity index (χ3n) is 5.41. The molecular weight excluding hydrogens is 284 g/mol. The van der Waals surface area contributed by atoms with E-state index < -0.39 is 17.5 Å². The number of rotatable bonds is 3. The summed E-state index contributed by atoms with van der Waals surface area (Å²) >= 11 is 0. The molecule has 0 bridgehead atoms. The van der Waals surface area contributed by atoms with Gasteiger partial charge in [0.2, 0.25) is 0 Å². The summed E-state index contributed by atoms with van der Waals surface area (Å²) in [5.41, 5.74) is 0.999. The number of hydrogen-bond acceptors (Lipinski definition) is 4. The lowest BCUT2D eigenvalue weighted by atomic mass is 9.82. The summed E-state index contributed by atoms with van der Waals surface area (Å²) in [6, 6.07) is 0. The zero-order valence-electron chi connectivity index (χ0n) is 13.6. The van der Waals surface area contributed by atoms with E-state index in [1.54, 1.807) is 13.8 Å². The largest absolute Gasteiger partial charge is 0.481 e. The normalized spacial score (nSPS) is 33.2. The lowest BCUT2D eigenvalue weighted by molar-refractivity contribution is -0.161. The molecule has 0 heterocycles. The van der Waals surface area contributed by atoms with Crippen LogP contribution in [-0.4, -0.2) is 28.4 Å². The Kier molecular flexibility index (Phi) is 4.45. The monoisotopic (exact) mass is 308 g/mol. The predicted octanol–water partition coefficient (Wildman–Crippen LogP) is 2.73. The topological polar surface area (TPSA) is 80.7 Å². The first-order chi connectivity index (χ1) is 10.2. The summed E-state index contributed by atoms with van der Waals surface area (Å²) < 4.78 is 5.59. The number of hydrogen-bond donors (Lipinski definition) is 1. The number of allylic oxidation sites excluding steroid dienone is 1. The van der Waals surface area contributed by atoms with Gasteiger partial charge in [-0.3, -0.25) is 14.4 Å². The maximum absolute atomic E-state index is 12.1. The second-order valence-corrected chi connectivity index (χ2v) is 6.87. The summed E-state index contributed by atoms with van der Waals surface area (Å²) in [6.07, 6.45) is 2.23. The van der Waals surface area contributed by atoms with Gasteiger partial charge in [-0.2, -0.15) is 0 Å². The minimum Gasteiger partial charge on any atom is -0.481 e. The van der Waals surface area contributed by atoms with Crippen LogP contribution in [0.5, 0.6) is 0 Å². The number of carboxylic acid groups (broad SMARTS) is 1. The minimum absolute atomic E-state index is 0.0340. The van der Waals surface area contributed by atoms with Gasteiger partial charge in [-0.05, 0) is 44.6 Å². The number of carboxylic acids is 1. The SMILES string of the molecule is CC(=O)O[C@]1(C)CC[C@@H](C(C)C(=O)O)CC2=C(C)C(=O)CC21. The van der Waals surface area contributed by atoms with E-state index in [4.69, 9.17) is 4.74 Å². The van der Waals surface area contributed by atoms with Crippen molar-refractivity contribution in [3.8, 4) is 0 Å². The van der Waals surface area contributed by atoms with Crippen LogP contribution in [0.15, 0.2) is 11.1 Å². The molecular formula is C17H24O5. The number of carbonyl (C=O) groups is 3. The number of carbonyl (C=O) groups excluding carboxylic acids is 2. The molecule has 2 rings (SSSR count). The third kappa shape index (κ3) is 2.94. The first-order valence-corrected chi connectivity index (χ1v) is 7.81. The molecule has 2 aliphatic rings. The van der Waals surface area contributed by atoms with Gasteiger partial charge in [0.25, 0.3) is 0 Å². The first kappa shape index (κ1) is 16.7. The Morgan fingerprint density at radius 1 is 1.36 bits per heavy atom. The highest BCUT2D eigenvalue weighted by molar-refractivity contribution is 5.99. The van der Waals surface area contributed by atoms with Gasteiger partial charge < -0.3 is 9.84 Å². The molecule has 0 amide bonds. The zero-order valence-corrected chi connectivity index (χ0v) is 13.6. The molecule has 0 saturated heterocycles. The summed E-state index contributed by atoms with van der Waals surface area (Å²) in [5, 5.41) is 9.29. The van der Waals surface area contributed by atoms with Crippen molar-refractivity contribution in [2.45, 2.75) is 59.0 Å². The van der Waals surface area contributed by atoms with Gasteiger partial charge >= 0.3 is 11.9 Å². The Morgan fingerprint density at radius 3 is 2.55 bits per heavy atom. The number of esters is 1. The van der Waals surface area contributed by atoms with Crippen molar-refractivity contribution in [3.63, 3.8) is 0 Å². The molecule has 4 atom stereocenters. The maximum Gasteiger partial charge on any atom is 0.306 e. The van der Waals surface area contributed by atoms with E-state index in [0.29, 0.717) is 25.7 Å². The summed E-state index contributed by atoms with van der Waals surface area (Å²) in [7, 11) is 0. The Balaban J connectivity index is 2.39. The molecule has 1 N–H and O–H groups in total. The Bertz CT molecular complexity index is 547. The number of aliphatic carboxylic acids is 1. The van der Waals surface area contributed by atoms with Crippen molar-refractivity contribution in [1.82, 2.24) is 0 Å². The Morgan fingerprint density at radius 2 is 2.00 bits per heavy atom. The Hall–Kier alpha value is -1.65. The maximum atomic E-state index is 12.1. The van der Waals surface area contributed by atoms with Crippen LogP contribution in [0.4, 0.5) is 0 Å². The molecule has 2 aliphatic carbocycles. The molecule has 1 fully saturated rings. The fourth-order valence-electron chi connectivity index (χ4n) is 3.89. The highest BCUT2D eigenvalue weighted by Crippen LogP contribution is 2.48. The number of ketones is 1. The first-order valence-electron chi connectivity index (χ1n) is 7.81. The number of Topliss-reactive ketones (excluding diaryl/α,β-unsaturated/α-hetero) is 1. The van der Waals surface area contributed by atoms with E-state index in [1.807, 2.05) is 6.92 Å². The van der Waals surface area contributed by atoms with Gasteiger partial charge in [-0.25, -0.2) is 0 Å². The van der Waals surface area contributed by atoms with Crippen LogP contribution in [0, 0.1) is 17.8 Å². The van der Waals surface area contributed by atoms with E-state index in [0.717, 1.165) is 11.1 Å². The molecule has 0 radical (unpaired) electrons. The van der Waals surface area contributed by atoms with E-state index in [-0.39, 0.29) is 23.6 Å². The lowest BCUT2D eigenvalue weighted by Gasteiger charge is -2.34. The average molecular weight is 308 g/mol. The van der Waals surface area contributed by atoms with Crippen LogP contribution in [0.3, 0.4) is 0 Å². The minimum atomic E-state index is -0.819. The molecule has 2 unspecified atom stereocenters. The molecule has 0 aromatic rings. The molecule has 5 heteroatoms. The standard InChI is InChI=1S/C17H24O5/c1-9(16(20)21)12-5-6-17(4,22-11(3)18)14-8-15(19)10(2)13(14)7-12/h9,12,14H,5-8H2,1-4H3,(H,20,21)/t9?,12-,14?,17-/m1/s1. The Labute approximate surface area is 130 Å². The predicted molar refractivity (Wildman–Crippen MR) is 80.1 cm³/mol. The van der Waals surface area contributed by atoms with E-state index >= 15 is 0 Å². The van der Waals surface area contributed by atoms with Crippen molar-refractivity contribution in [1.29, 1.82) is 0 Å². The smallest absolute Gasteiger partial charge is 0.306 e. The van der Waals surface area contributed by atoms with Crippen molar-refractivity contribution >= 4 is 17.7 Å². The van der Waals surface area contributed by atoms with Gasteiger partial charge in [-0.15, -0.1) is 0 Å². The molecule has 0 aromatic heterocycles. The molecule has 0 aromatic carbocycles. The molecule has 122 valence electrons. The number of ether oxygens (including phenoxy) is 1. The van der Waals surface area contributed by atoms with Crippen LogP contribution >= 0.6 is 0 Å². The summed E-state index contributed by atoms with van der Waals surface area (Å²) in [5.74, 6) is -1.72. The third-order valence-corrected chi connectivity index (χ3v) is 5.41. The lowest BCUT2D eigenvalue weighted by Crippen LogP contribution is -2.38. The molecule has 1 saturated carbocycles. The van der Waals surface area contributed by atoms with Gasteiger partial charge in [-0.1, -0.05) is 12.5 Å².